The standard InChI is InChI=1S/C20H25ClN4O5/c1-11(2)10-25-18-15(19(26)23-20(25)27)24(6-7-28-3)17(22-18)12-8-13(21)16(30-5)14(9-12)29-4/h8-9,11H,6-7,10H2,1-5H3,(H,23,26,27). The van der Waals surface area contributed by atoms with Gasteiger partial charge in [-0.05, 0) is 18.1 Å². The minimum Gasteiger partial charge on any atom is -0.493 e. The van der Waals surface area contributed by atoms with Crippen LogP contribution in [0, 0.1) is 5.92 Å². The Kier molecular flexibility index (Phi) is 6.52. The number of rotatable bonds is 8. The second-order valence-corrected chi connectivity index (χ2v) is 7.62. The molecule has 0 aliphatic rings. The van der Waals surface area contributed by atoms with Crippen molar-refractivity contribution < 1.29 is 14.2 Å². The maximum absolute atomic E-state index is 12.7. The van der Waals surface area contributed by atoms with Crippen LogP contribution >= 0.6 is 11.6 Å². The van der Waals surface area contributed by atoms with Crippen molar-refractivity contribution in [2.75, 3.05) is 27.9 Å². The van der Waals surface area contributed by atoms with E-state index in [1.54, 1.807) is 23.8 Å². The Morgan fingerprint density at radius 1 is 1.13 bits per heavy atom. The first-order valence-electron chi connectivity index (χ1n) is 9.46. The molecule has 0 aliphatic heterocycles. The highest BCUT2D eigenvalue weighted by Gasteiger charge is 2.22. The predicted molar refractivity (Wildman–Crippen MR) is 115 cm³/mol. The molecule has 0 atom stereocenters. The minimum atomic E-state index is -0.503. The van der Waals surface area contributed by atoms with Crippen molar-refractivity contribution in [3.63, 3.8) is 0 Å². The number of aromatic nitrogens is 4. The third kappa shape index (κ3) is 3.95. The molecule has 162 valence electrons. The zero-order valence-corrected chi connectivity index (χ0v) is 18.4. The van der Waals surface area contributed by atoms with Gasteiger partial charge in [0.2, 0.25) is 0 Å². The molecule has 0 radical (unpaired) electrons. The van der Waals surface area contributed by atoms with Crippen molar-refractivity contribution in [2.24, 2.45) is 5.92 Å². The number of nitrogens with one attached hydrogen (secondary N) is 1. The zero-order valence-electron chi connectivity index (χ0n) is 17.6. The van der Waals surface area contributed by atoms with Crippen LogP contribution in [0.5, 0.6) is 11.5 Å². The lowest BCUT2D eigenvalue weighted by Gasteiger charge is -2.13. The molecular formula is C20H25ClN4O5. The van der Waals surface area contributed by atoms with E-state index >= 15 is 0 Å². The molecule has 0 spiro atoms. The molecule has 0 unspecified atom stereocenters. The molecule has 2 heterocycles. The van der Waals surface area contributed by atoms with Gasteiger partial charge in [-0.1, -0.05) is 25.4 Å². The molecular weight excluding hydrogens is 412 g/mol. The topological polar surface area (TPSA) is 100 Å². The summed E-state index contributed by atoms with van der Waals surface area (Å²) in [4.78, 5) is 32.3. The van der Waals surface area contributed by atoms with E-state index in [9.17, 15) is 9.59 Å². The Bertz CT molecular complexity index is 1180. The first-order chi connectivity index (χ1) is 14.3. The normalized spacial score (nSPS) is 11.4. The maximum atomic E-state index is 12.7. The van der Waals surface area contributed by atoms with Crippen LogP contribution in [0.15, 0.2) is 21.7 Å². The predicted octanol–water partition coefficient (Wildman–Crippen LogP) is 2.53. The molecule has 30 heavy (non-hydrogen) atoms. The Labute approximate surface area is 178 Å². The van der Waals surface area contributed by atoms with Crippen LogP contribution in [0.3, 0.4) is 0 Å². The molecule has 0 amide bonds. The Morgan fingerprint density at radius 3 is 2.47 bits per heavy atom. The summed E-state index contributed by atoms with van der Waals surface area (Å²) in [5.41, 5.74) is 0.237. The fourth-order valence-electron chi connectivity index (χ4n) is 3.37. The van der Waals surface area contributed by atoms with Gasteiger partial charge in [0.15, 0.2) is 22.7 Å². The molecule has 0 saturated carbocycles. The van der Waals surface area contributed by atoms with Crippen molar-refractivity contribution >= 4 is 22.8 Å². The fraction of sp³-hybridized carbons (Fsp3) is 0.450. The lowest BCUT2D eigenvalue weighted by atomic mass is 10.2. The highest BCUT2D eigenvalue weighted by atomic mass is 35.5. The third-order valence-corrected chi connectivity index (χ3v) is 4.92. The van der Waals surface area contributed by atoms with Gasteiger partial charge in [-0.15, -0.1) is 0 Å². The number of benzene rings is 1. The van der Waals surface area contributed by atoms with Gasteiger partial charge in [-0.3, -0.25) is 14.3 Å². The van der Waals surface area contributed by atoms with E-state index < -0.39 is 11.2 Å². The van der Waals surface area contributed by atoms with E-state index in [2.05, 4.69) is 9.97 Å². The summed E-state index contributed by atoms with van der Waals surface area (Å²) in [5, 5.41) is 0.339. The van der Waals surface area contributed by atoms with Crippen LogP contribution in [0.1, 0.15) is 13.8 Å². The highest BCUT2D eigenvalue weighted by molar-refractivity contribution is 6.32. The van der Waals surface area contributed by atoms with Crippen molar-refractivity contribution in [3.05, 3.63) is 38.0 Å². The van der Waals surface area contributed by atoms with Crippen LogP contribution < -0.4 is 20.7 Å². The monoisotopic (exact) mass is 436 g/mol. The molecule has 3 aromatic rings. The molecule has 0 fully saturated rings. The average Bonchev–Trinajstić information content (AvgIpc) is 3.08. The first-order valence-corrected chi connectivity index (χ1v) is 9.84. The van der Waals surface area contributed by atoms with Crippen LogP contribution in [0.25, 0.3) is 22.6 Å². The van der Waals surface area contributed by atoms with E-state index in [1.807, 2.05) is 13.8 Å². The SMILES string of the molecule is COCCn1c(-c2cc(Cl)c(OC)c(OC)c2)nc2c1c(=O)[nH]c(=O)n2CC(C)C. The number of imidazole rings is 1. The number of nitrogens with zero attached hydrogens (tertiary/aromatic N) is 3. The van der Waals surface area contributed by atoms with Gasteiger partial charge in [0, 0.05) is 25.8 Å². The van der Waals surface area contributed by atoms with E-state index in [4.69, 9.17) is 25.8 Å². The number of fused-ring (bicyclic) bond motifs is 1. The van der Waals surface area contributed by atoms with E-state index in [-0.39, 0.29) is 5.92 Å². The summed E-state index contributed by atoms with van der Waals surface area (Å²) < 4.78 is 19.1. The van der Waals surface area contributed by atoms with Crippen LogP contribution in [-0.2, 0) is 17.8 Å². The van der Waals surface area contributed by atoms with Crippen LogP contribution in [0.2, 0.25) is 5.02 Å². The van der Waals surface area contributed by atoms with E-state index in [0.29, 0.717) is 58.8 Å². The van der Waals surface area contributed by atoms with E-state index in [0.717, 1.165) is 0 Å². The number of halogens is 1. The summed E-state index contributed by atoms with van der Waals surface area (Å²) in [5.74, 6) is 1.48. The fourth-order valence-corrected chi connectivity index (χ4v) is 3.66. The van der Waals surface area contributed by atoms with Crippen LogP contribution in [-0.4, -0.2) is 47.0 Å². The zero-order chi connectivity index (χ0) is 22.0. The lowest BCUT2D eigenvalue weighted by molar-refractivity contribution is 0.188. The largest absolute Gasteiger partial charge is 0.493 e. The van der Waals surface area contributed by atoms with Gasteiger partial charge in [-0.25, -0.2) is 9.78 Å². The smallest absolute Gasteiger partial charge is 0.330 e. The maximum Gasteiger partial charge on any atom is 0.330 e. The molecule has 3 rings (SSSR count). The molecule has 9 nitrogen and oxygen atoms in total. The number of hydrogen-bond donors (Lipinski definition) is 1. The molecule has 2 aromatic heterocycles. The number of ether oxygens (including phenoxy) is 3. The molecule has 0 saturated heterocycles. The second kappa shape index (κ2) is 8.93. The van der Waals surface area contributed by atoms with Crippen LogP contribution in [0.4, 0.5) is 0 Å². The summed E-state index contributed by atoms with van der Waals surface area (Å²) in [6.07, 6.45) is 0. The van der Waals surface area contributed by atoms with Gasteiger partial charge in [0.05, 0.1) is 25.8 Å². The highest BCUT2D eigenvalue weighted by Crippen LogP contribution is 2.39. The summed E-state index contributed by atoms with van der Waals surface area (Å²) >= 11 is 6.39. The Hall–Kier alpha value is -2.78. The average molecular weight is 437 g/mol. The van der Waals surface area contributed by atoms with Gasteiger partial charge >= 0.3 is 5.69 Å². The van der Waals surface area contributed by atoms with Crippen molar-refractivity contribution in [3.8, 4) is 22.9 Å². The molecule has 0 aliphatic carbocycles. The number of aromatic amines is 1. The summed E-state index contributed by atoms with van der Waals surface area (Å²) in [6, 6.07) is 3.42. The molecule has 1 aromatic carbocycles. The van der Waals surface area contributed by atoms with Crippen molar-refractivity contribution in [1.29, 1.82) is 0 Å². The Balaban J connectivity index is 2.37. The van der Waals surface area contributed by atoms with Gasteiger partial charge in [-0.2, -0.15) is 0 Å². The third-order valence-electron chi connectivity index (χ3n) is 4.64. The summed E-state index contributed by atoms with van der Waals surface area (Å²) in [6.45, 7) is 5.10. The molecule has 0 bridgehead atoms. The van der Waals surface area contributed by atoms with E-state index in [1.165, 1.54) is 18.8 Å². The summed E-state index contributed by atoms with van der Waals surface area (Å²) in [7, 11) is 4.59. The minimum absolute atomic E-state index is 0.180. The second-order valence-electron chi connectivity index (χ2n) is 7.21. The molecule has 10 heteroatoms. The lowest BCUT2D eigenvalue weighted by Crippen LogP contribution is -2.32. The van der Waals surface area contributed by atoms with Gasteiger partial charge in [0.25, 0.3) is 5.56 Å². The van der Waals surface area contributed by atoms with Gasteiger partial charge in [0.1, 0.15) is 5.82 Å². The first kappa shape index (κ1) is 21.9. The van der Waals surface area contributed by atoms with Crippen molar-refractivity contribution in [2.45, 2.75) is 26.9 Å². The Morgan fingerprint density at radius 2 is 1.87 bits per heavy atom. The number of hydrogen-bond acceptors (Lipinski definition) is 6. The van der Waals surface area contributed by atoms with Crippen molar-refractivity contribution in [1.82, 2.24) is 19.1 Å². The van der Waals surface area contributed by atoms with Gasteiger partial charge < -0.3 is 18.8 Å². The number of methoxy groups -OCH3 is 3. The molecule has 1 N–H and O–H groups in total. The quantitative estimate of drug-likeness (QED) is 0.582. The number of H-pyrrole nitrogens is 1.